The SMILES string of the molecule is N#Cc1ccc(Cn2cncc2CN[C@H]2CCN(C(=O)OCc3ccccc3OC(F)(F)F)C2=O)cc1. The van der Waals surface area contributed by atoms with Gasteiger partial charge in [-0.3, -0.25) is 4.79 Å². The molecule has 1 aliphatic rings. The topological polar surface area (TPSA) is 109 Å². The summed E-state index contributed by atoms with van der Waals surface area (Å²) in [6.45, 7) is 0.471. The lowest BCUT2D eigenvalue weighted by Gasteiger charge is -2.17. The van der Waals surface area contributed by atoms with Crippen molar-refractivity contribution in [3.05, 3.63) is 83.4 Å². The largest absolute Gasteiger partial charge is 0.573 e. The van der Waals surface area contributed by atoms with Gasteiger partial charge < -0.3 is 19.4 Å². The molecule has 0 bridgehead atoms. The van der Waals surface area contributed by atoms with E-state index in [1.807, 2.05) is 16.7 Å². The van der Waals surface area contributed by atoms with E-state index in [9.17, 15) is 22.8 Å². The average molecular weight is 513 g/mol. The molecule has 1 N–H and O–H groups in total. The van der Waals surface area contributed by atoms with Crippen molar-refractivity contribution in [2.24, 2.45) is 0 Å². The Balaban J connectivity index is 1.30. The summed E-state index contributed by atoms with van der Waals surface area (Å²) in [6.07, 6.45) is -2.15. The molecule has 0 spiro atoms. The number of para-hydroxylation sites is 1. The predicted octanol–water partition coefficient (Wildman–Crippen LogP) is 3.73. The first kappa shape index (κ1) is 25.7. The summed E-state index contributed by atoms with van der Waals surface area (Å²) in [4.78, 5) is 30.3. The second-order valence-electron chi connectivity index (χ2n) is 8.24. The van der Waals surface area contributed by atoms with Crippen LogP contribution in [-0.2, 0) is 29.2 Å². The molecule has 0 radical (unpaired) electrons. The smallest absolute Gasteiger partial charge is 0.444 e. The molecule has 2 aromatic carbocycles. The van der Waals surface area contributed by atoms with Crippen LogP contribution in [-0.4, -0.2) is 45.4 Å². The zero-order valence-electron chi connectivity index (χ0n) is 19.4. The van der Waals surface area contributed by atoms with E-state index in [-0.39, 0.29) is 12.1 Å². The van der Waals surface area contributed by atoms with Crippen molar-refractivity contribution in [2.75, 3.05) is 6.54 Å². The van der Waals surface area contributed by atoms with Crippen LogP contribution in [0.1, 0.15) is 28.8 Å². The van der Waals surface area contributed by atoms with E-state index in [4.69, 9.17) is 10.00 Å². The number of aromatic nitrogens is 2. The van der Waals surface area contributed by atoms with Gasteiger partial charge in [0.1, 0.15) is 12.4 Å². The van der Waals surface area contributed by atoms with Crippen molar-refractivity contribution < 1.29 is 32.2 Å². The summed E-state index contributed by atoms with van der Waals surface area (Å²) in [7, 11) is 0. The minimum absolute atomic E-state index is 0.0185. The van der Waals surface area contributed by atoms with Crippen LogP contribution >= 0.6 is 0 Å². The molecule has 1 fully saturated rings. The molecule has 1 saturated heterocycles. The quantitative estimate of drug-likeness (QED) is 0.489. The van der Waals surface area contributed by atoms with Gasteiger partial charge in [0.05, 0.1) is 29.7 Å². The van der Waals surface area contributed by atoms with E-state index in [1.54, 1.807) is 24.7 Å². The highest BCUT2D eigenvalue weighted by atomic mass is 19.4. The number of imide groups is 1. The van der Waals surface area contributed by atoms with Crippen molar-refractivity contribution in [2.45, 2.75) is 38.5 Å². The Hall–Kier alpha value is -4.37. The molecule has 2 amide bonds. The molecule has 2 heterocycles. The Labute approximate surface area is 210 Å². The molecule has 0 unspecified atom stereocenters. The van der Waals surface area contributed by atoms with Gasteiger partial charge in [0.2, 0.25) is 5.91 Å². The van der Waals surface area contributed by atoms with Gasteiger partial charge in [-0.25, -0.2) is 14.7 Å². The summed E-state index contributed by atoms with van der Waals surface area (Å²) in [5, 5.41) is 12.1. The van der Waals surface area contributed by atoms with E-state index >= 15 is 0 Å². The fourth-order valence-corrected chi connectivity index (χ4v) is 3.86. The highest BCUT2D eigenvalue weighted by Gasteiger charge is 2.37. The number of amides is 2. The van der Waals surface area contributed by atoms with Gasteiger partial charge in [0, 0.05) is 31.4 Å². The molecule has 192 valence electrons. The molecule has 3 aromatic rings. The number of carbonyl (C=O) groups is 2. The third kappa shape index (κ3) is 6.65. The molecule has 1 atom stereocenters. The van der Waals surface area contributed by atoms with Gasteiger partial charge in [0.25, 0.3) is 0 Å². The lowest BCUT2D eigenvalue weighted by atomic mass is 10.1. The number of carbonyl (C=O) groups excluding carboxylic acids is 2. The van der Waals surface area contributed by atoms with Gasteiger partial charge in [-0.15, -0.1) is 13.2 Å². The molecule has 1 aromatic heterocycles. The third-order valence-electron chi connectivity index (χ3n) is 5.74. The molecule has 0 aliphatic carbocycles. The van der Waals surface area contributed by atoms with Crippen LogP contribution in [0.3, 0.4) is 0 Å². The number of hydrogen-bond donors (Lipinski definition) is 1. The lowest BCUT2D eigenvalue weighted by molar-refractivity contribution is -0.275. The number of halogens is 3. The Morgan fingerprint density at radius 2 is 1.95 bits per heavy atom. The third-order valence-corrected chi connectivity index (χ3v) is 5.74. The second kappa shape index (κ2) is 11.1. The first-order chi connectivity index (χ1) is 17.7. The van der Waals surface area contributed by atoms with Gasteiger partial charge in [0.15, 0.2) is 0 Å². The van der Waals surface area contributed by atoms with Crippen molar-refractivity contribution in [1.29, 1.82) is 5.26 Å². The predicted molar refractivity (Wildman–Crippen MR) is 123 cm³/mol. The van der Waals surface area contributed by atoms with Gasteiger partial charge >= 0.3 is 12.5 Å². The Morgan fingerprint density at radius 1 is 1.19 bits per heavy atom. The number of alkyl halides is 3. The fourth-order valence-electron chi connectivity index (χ4n) is 3.86. The standard InChI is InChI=1S/C25H22F3N5O4/c26-25(27,28)37-22-4-2-1-3-19(22)15-36-24(35)33-10-9-21(23(33)34)31-13-20-12-30-16-32(20)14-18-7-5-17(11-29)6-8-18/h1-8,12,16,21,31H,9-10,13-15H2/t21-/m0/s1. The minimum Gasteiger partial charge on any atom is -0.444 e. The minimum atomic E-state index is -4.89. The number of likely N-dealkylation sites (tertiary alicyclic amines) is 1. The van der Waals surface area contributed by atoms with Gasteiger partial charge in [-0.1, -0.05) is 30.3 Å². The number of ether oxygens (including phenoxy) is 2. The molecule has 0 saturated carbocycles. The van der Waals surface area contributed by atoms with Crippen LogP contribution in [0.2, 0.25) is 0 Å². The monoisotopic (exact) mass is 513 g/mol. The Kier molecular flexibility index (Phi) is 7.74. The normalized spacial score (nSPS) is 15.5. The van der Waals surface area contributed by atoms with Crippen molar-refractivity contribution >= 4 is 12.0 Å². The summed E-state index contributed by atoms with van der Waals surface area (Å²) >= 11 is 0. The summed E-state index contributed by atoms with van der Waals surface area (Å²) in [6, 6.07) is 13.9. The maximum absolute atomic E-state index is 12.7. The summed E-state index contributed by atoms with van der Waals surface area (Å²) in [5.74, 6) is -0.962. The van der Waals surface area contributed by atoms with Crippen LogP contribution in [0, 0.1) is 11.3 Å². The number of benzene rings is 2. The van der Waals surface area contributed by atoms with E-state index in [2.05, 4.69) is 21.1 Å². The number of imidazole rings is 1. The van der Waals surface area contributed by atoms with Crippen LogP contribution in [0.4, 0.5) is 18.0 Å². The maximum Gasteiger partial charge on any atom is 0.573 e. The second-order valence-corrected chi connectivity index (χ2v) is 8.24. The Bertz CT molecular complexity index is 1300. The first-order valence-corrected chi connectivity index (χ1v) is 11.3. The fraction of sp³-hybridized carbons (Fsp3) is 0.280. The first-order valence-electron chi connectivity index (χ1n) is 11.3. The van der Waals surface area contributed by atoms with E-state index < -0.39 is 36.8 Å². The maximum atomic E-state index is 12.7. The molecular formula is C25H22F3N5O4. The average Bonchev–Trinajstić information content (AvgIpc) is 3.47. The van der Waals surface area contributed by atoms with Crippen LogP contribution < -0.4 is 10.1 Å². The molecule has 1 aliphatic heterocycles. The van der Waals surface area contributed by atoms with Crippen LogP contribution in [0.5, 0.6) is 5.75 Å². The molecule has 9 nitrogen and oxygen atoms in total. The number of nitriles is 1. The highest BCUT2D eigenvalue weighted by molar-refractivity contribution is 5.96. The van der Waals surface area contributed by atoms with E-state index in [0.717, 1.165) is 22.2 Å². The zero-order valence-corrected chi connectivity index (χ0v) is 19.4. The van der Waals surface area contributed by atoms with Gasteiger partial charge in [-0.2, -0.15) is 5.26 Å². The van der Waals surface area contributed by atoms with Crippen molar-refractivity contribution in [1.82, 2.24) is 19.8 Å². The zero-order chi connectivity index (χ0) is 26.4. The molecule has 37 heavy (non-hydrogen) atoms. The molecule has 4 rings (SSSR count). The van der Waals surface area contributed by atoms with Gasteiger partial charge in [-0.05, 0) is 30.2 Å². The summed E-state index contributed by atoms with van der Waals surface area (Å²) in [5.41, 5.74) is 2.38. The van der Waals surface area contributed by atoms with E-state index in [1.165, 1.54) is 18.2 Å². The van der Waals surface area contributed by atoms with E-state index in [0.29, 0.717) is 25.1 Å². The Morgan fingerprint density at radius 3 is 2.68 bits per heavy atom. The van der Waals surface area contributed by atoms with Crippen LogP contribution in [0.25, 0.3) is 0 Å². The summed E-state index contributed by atoms with van der Waals surface area (Å²) < 4.78 is 48.7. The number of nitrogens with zero attached hydrogens (tertiary/aromatic N) is 4. The highest BCUT2D eigenvalue weighted by Crippen LogP contribution is 2.27. The van der Waals surface area contributed by atoms with Crippen molar-refractivity contribution in [3.8, 4) is 11.8 Å². The van der Waals surface area contributed by atoms with Crippen molar-refractivity contribution in [3.63, 3.8) is 0 Å². The number of hydrogen-bond acceptors (Lipinski definition) is 7. The number of rotatable bonds is 8. The number of nitrogens with one attached hydrogen (secondary N) is 1. The molecular weight excluding hydrogens is 491 g/mol. The van der Waals surface area contributed by atoms with Crippen LogP contribution in [0.15, 0.2) is 61.1 Å². The lowest BCUT2D eigenvalue weighted by Crippen LogP contribution is -2.41. The molecule has 12 heteroatoms.